The molecule has 0 atom stereocenters. The molecule has 0 N–H and O–H groups in total. The van der Waals surface area contributed by atoms with E-state index in [4.69, 9.17) is 0 Å². The highest BCUT2D eigenvalue weighted by atomic mass is 16.2. The Hall–Kier alpha value is -2.14. The Morgan fingerprint density at radius 1 is 1.09 bits per heavy atom. The van der Waals surface area contributed by atoms with Crippen LogP contribution in [0.5, 0.6) is 0 Å². The third-order valence-corrected chi connectivity index (χ3v) is 4.46. The molecule has 5 nitrogen and oxygen atoms in total. The monoisotopic (exact) mass is 313 g/mol. The summed E-state index contributed by atoms with van der Waals surface area (Å²) in [5.41, 5.74) is -0.0962. The molecule has 1 aromatic carbocycles. The Bertz CT molecular complexity index is 745. The molecule has 3 rings (SSSR count). The summed E-state index contributed by atoms with van der Waals surface area (Å²) in [6, 6.07) is 9.37. The first-order valence-electron chi connectivity index (χ1n) is 8.27. The minimum Gasteiger partial charge on any atom is -0.339 e. The molecule has 1 saturated heterocycles. The van der Waals surface area contributed by atoms with E-state index in [-0.39, 0.29) is 18.0 Å². The molecule has 0 bridgehead atoms. The SMILES string of the molecule is CCCN1CCN(C(=O)Cn2ccc3ccccc3c2=O)CC1. The molecule has 1 amide bonds. The van der Waals surface area contributed by atoms with Gasteiger partial charge in [0.05, 0.1) is 0 Å². The van der Waals surface area contributed by atoms with Crippen molar-refractivity contribution in [1.82, 2.24) is 14.4 Å². The molecule has 2 heterocycles. The summed E-state index contributed by atoms with van der Waals surface area (Å²) in [5, 5.41) is 1.57. The second-order valence-electron chi connectivity index (χ2n) is 6.06. The van der Waals surface area contributed by atoms with Crippen LogP contribution < -0.4 is 5.56 Å². The standard InChI is InChI=1S/C18H23N3O2/c1-2-8-19-10-12-20(13-11-19)17(22)14-21-9-7-15-5-3-4-6-16(15)18(21)23/h3-7,9H,2,8,10-14H2,1H3. The van der Waals surface area contributed by atoms with Crippen LogP contribution in [0.2, 0.25) is 0 Å². The second kappa shape index (κ2) is 6.96. The zero-order valence-corrected chi connectivity index (χ0v) is 13.6. The number of piperazine rings is 1. The predicted octanol–water partition coefficient (Wildman–Crippen LogP) is 1.56. The van der Waals surface area contributed by atoms with Gasteiger partial charge in [-0.1, -0.05) is 25.1 Å². The van der Waals surface area contributed by atoms with Gasteiger partial charge in [-0.3, -0.25) is 14.5 Å². The summed E-state index contributed by atoms with van der Waals surface area (Å²) in [5.74, 6) is 0.0264. The number of rotatable bonds is 4. The van der Waals surface area contributed by atoms with Crippen molar-refractivity contribution in [2.24, 2.45) is 0 Å². The maximum atomic E-state index is 12.5. The van der Waals surface area contributed by atoms with Gasteiger partial charge in [0.1, 0.15) is 6.54 Å². The van der Waals surface area contributed by atoms with Gasteiger partial charge in [0.25, 0.3) is 5.56 Å². The number of hydrogen-bond donors (Lipinski definition) is 0. The van der Waals surface area contributed by atoms with Crippen LogP contribution >= 0.6 is 0 Å². The van der Waals surface area contributed by atoms with Crippen LogP contribution in [-0.4, -0.2) is 53.0 Å². The lowest BCUT2D eigenvalue weighted by Crippen LogP contribution is -2.50. The van der Waals surface area contributed by atoms with Gasteiger partial charge >= 0.3 is 0 Å². The quantitative estimate of drug-likeness (QED) is 0.860. The molecule has 1 fully saturated rings. The summed E-state index contributed by atoms with van der Waals surface area (Å²) in [6.45, 7) is 6.73. The van der Waals surface area contributed by atoms with Crippen LogP contribution in [0.1, 0.15) is 13.3 Å². The van der Waals surface area contributed by atoms with Crippen molar-refractivity contribution in [1.29, 1.82) is 0 Å². The van der Waals surface area contributed by atoms with E-state index in [2.05, 4.69) is 11.8 Å². The van der Waals surface area contributed by atoms with Gasteiger partial charge in [-0.25, -0.2) is 0 Å². The topological polar surface area (TPSA) is 45.5 Å². The van der Waals surface area contributed by atoms with Crippen molar-refractivity contribution in [2.75, 3.05) is 32.7 Å². The van der Waals surface area contributed by atoms with Gasteiger partial charge in [0.15, 0.2) is 0 Å². The molecular formula is C18H23N3O2. The van der Waals surface area contributed by atoms with Crippen molar-refractivity contribution in [3.8, 4) is 0 Å². The van der Waals surface area contributed by atoms with E-state index in [1.165, 1.54) is 4.57 Å². The van der Waals surface area contributed by atoms with Crippen molar-refractivity contribution in [2.45, 2.75) is 19.9 Å². The zero-order valence-electron chi connectivity index (χ0n) is 13.6. The molecule has 0 saturated carbocycles. The maximum absolute atomic E-state index is 12.5. The number of carbonyl (C=O) groups is 1. The van der Waals surface area contributed by atoms with Crippen LogP contribution in [-0.2, 0) is 11.3 Å². The molecule has 122 valence electrons. The molecule has 1 aliphatic heterocycles. The van der Waals surface area contributed by atoms with Crippen molar-refractivity contribution >= 4 is 16.7 Å². The van der Waals surface area contributed by atoms with E-state index in [1.807, 2.05) is 35.2 Å². The van der Waals surface area contributed by atoms with E-state index >= 15 is 0 Å². The maximum Gasteiger partial charge on any atom is 0.258 e. The summed E-state index contributed by atoms with van der Waals surface area (Å²) >= 11 is 0. The minimum atomic E-state index is -0.0962. The first-order chi connectivity index (χ1) is 11.2. The van der Waals surface area contributed by atoms with E-state index in [1.54, 1.807) is 6.20 Å². The molecule has 0 aliphatic carbocycles. The third kappa shape index (κ3) is 3.45. The molecular weight excluding hydrogens is 290 g/mol. The Morgan fingerprint density at radius 3 is 2.57 bits per heavy atom. The smallest absolute Gasteiger partial charge is 0.258 e. The lowest BCUT2D eigenvalue weighted by atomic mass is 10.2. The summed E-state index contributed by atoms with van der Waals surface area (Å²) in [4.78, 5) is 29.2. The van der Waals surface area contributed by atoms with Crippen LogP contribution in [0.15, 0.2) is 41.3 Å². The first-order valence-corrected chi connectivity index (χ1v) is 8.27. The van der Waals surface area contributed by atoms with E-state index < -0.39 is 0 Å². The predicted molar refractivity (Wildman–Crippen MR) is 91.5 cm³/mol. The Balaban J connectivity index is 1.69. The van der Waals surface area contributed by atoms with Gasteiger partial charge in [0, 0.05) is 37.8 Å². The Labute approximate surface area is 136 Å². The van der Waals surface area contributed by atoms with E-state index in [9.17, 15) is 9.59 Å². The molecule has 1 aromatic heterocycles. The second-order valence-corrected chi connectivity index (χ2v) is 6.06. The molecule has 23 heavy (non-hydrogen) atoms. The number of amides is 1. The molecule has 2 aromatic rings. The van der Waals surface area contributed by atoms with Crippen LogP contribution in [0.4, 0.5) is 0 Å². The fourth-order valence-electron chi connectivity index (χ4n) is 3.14. The van der Waals surface area contributed by atoms with Gasteiger partial charge in [-0.05, 0) is 30.5 Å². The molecule has 1 aliphatic rings. The van der Waals surface area contributed by atoms with Crippen molar-refractivity contribution < 1.29 is 4.79 Å². The van der Waals surface area contributed by atoms with E-state index in [0.29, 0.717) is 5.39 Å². The Kier molecular flexibility index (Phi) is 4.76. The van der Waals surface area contributed by atoms with Crippen molar-refractivity contribution in [3.05, 3.63) is 46.9 Å². The van der Waals surface area contributed by atoms with Crippen molar-refractivity contribution in [3.63, 3.8) is 0 Å². The van der Waals surface area contributed by atoms with Crippen LogP contribution in [0.3, 0.4) is 0 Å². The van der Waals surface area contributed by atoms with Gasteiger partial charge in [-0.15, -0.1) is 0 Å². The highest BCUT2D eigenvalue weighted by molar-refractivity contribution is 5.82. The van der Waals surface area contributed by atoms with Crippen LogP contribution in [0, 0.1) is 0 Å². The summed E-state index contributed by atoms with van der Waals surface area (Å²) < 4.78 is 1.52. The fourth-order valence-corrected chi connectivity index (χ4v) is 3.14. The van der Waals surface area contributed by atoms with Gasteiger partial charge in [0.2, 0.25) is 5.91 Å². The molecule has 0 unspecified atom stereocenters. The number of benzene rings is 1. The lowest BCUT2D eigenvalue weighted by molar-refractivity contribution is -0.133. The largest absolute Gasteiger partial charge is 0.339 e. The highest BCUT2D eigenvalue weighted by Gasteiger charge is 2.21. The number of carbonyl (C=O) groups excluding carboxylic acids is 1. The van der Waals surface area contributed by atoms with Crippen LogP contribution in [0.25, 0.3) is 10.8 Å². The molecule has 0 radical (unpaired) electrons. The van der Waals surface area contributed by atoms with E-state index in [0.717, 1.165) is 44.5 Å². The number of nitrogens with zero attached hydrogens (tertiary/aromatic N) is 3. The summed E-state index contributed by atoms with van der Waals surface area (Å²) in [7, 11) is 0. The first kappa shape index (κ1) is 15.7. The normalized spacial score (nSPS) is 16.0. The number of aromatic nitrogens is 1. The number of fused-ring (bicyclic) bond motifs is 1. The average molecular weight is 313 g/mol. The minimum absolute atomic E-state index is 0.0264. The third-order valence-electron chi connectivity index (χ3n) is 4.46. The molecule has 5 heteroatoms. The lowest BCUT2D eigenvalue weighted by Gasteiger charge is -2.34. The summed E-state index contributed by atoms with van der Waals surface area (Å²) in [6.07, 6.45) is 2.86. The highest BCUT2D eigenvalue weighted by Crippen LogP contribution is 2.09. The average Bonchev–Trinajstić information content (AvgIpc) is 2.58. The molecule has 0 spiro atoms. The number of hydrogen-bond acceptors (Lipinski definition) is 3. The zero-order chi connectivity index (χ0) is 16.2. The fraction of sp³-hybridized carbons (Fsp3) is 0.444. The van der Waals surface area contributed by atoms with Gasteiger partial charge < -0.3 is 9.47 Å². The van der Waals surface area contributed by atoms with Gasteiger partial charge in [-0.2, -0.15) is 0 Å². The number of pyridine rings is 1. The Morgan fingerprint density at radius 2 is 1.83 bits per heavy atom.